The molecule has 0 saturated heterocycles. The summed E-state index contributed by atoms with van der Waals surface area (Å²) in [5.74, 6) is 0. The first-order valence-electron chi connectivity index (χ1n) is 5.14. The van der Waals surface area contributed by atoms with Gasteiger partial charge in [-0.25, -0.2) is 0 Å². The summed E-state index contributed by atoms with van der Waals surface area (Å²) < 4.78 is 0. The van der Waals surface area contributed by atoms with Crippen LogP contribution >= 0.6 is 0 Å². The minimum atomic E-state index is 0. The number of hydrogen-bond donors (Lipinski definition) is 0. The first kappa shape index (κ1) is 21.5. The van der Waals surface area contributed by atoms with Gasteiger partial charge in [0, 0.05) is 0 Å². The van der Waals surface area contributed by atoms with Crippen LogP contribution in [0.15, 0.2) is 66.7 Å². The van der Waals surface area contributed by atoms with Crippen molar-refractivity contribution in [3.8, 4) is 11.1 Å². The van der Waals surface area contributed by atoms with E-state index >= 15 is 0 Å². The molecular weight excluding hydrogens is 468 g/mol. The third-order valence-electron chi connectivity index (χ3n) is 2.73. The summed E-state index contributed by atoms with van der Waals surface area (Å²) in [5.41, 5.74) is 2.59. The van der Waals surface area contributed by atoms with Gasteiger partial charge in [-0.05, 0) is 0 Å². The molecule has 0 aliphatic rings. The predicted octanol–water partition coefficient (Wildman–Crippen LogP) is -4.76. The fraction of sp³-hybridized carbons (Fsp3) is 0. The Morgan fingerprint density at radius 3 is 1.89 bits per heavy atom. The molecule has 0 atom stereocenters. The first-order chi connectivity index (χ1) is 7.43. The zero-order chi connectivity index (χ0) is 10.1. The zero-order valence-electron chi connectivity index (χ0n) is 9.98. The first-order valence-corrected chi connectivity index (χ1v) is 5.14. The molecule has 0 aliphatic carbocycles. The fourth-order valence-electron chi connectivity index (χ4n) is 1.95. The van der Waals surface area contributed by atoms with Gasteiger partial charge in [-0.3, -0.25) is 0 Å². The molecule has 96 valence electrons. The van der Waals surface area contributed by atoms with Gasteiger partial charge in [0.2, 0.25) is 0 Å². The number of rotatable bonds is 1. The summed E-state index contributed by atoms with van der Waals surface area (Å²) >= 11 is 0. The van der Waals surface area contributed by atoms with E-state index in [0.29, 0.717) is 0 Å². The maximum Gasteiger partial charge on any atom is 4.00 e. The molecular formula is C15H11Br3Ti. The SMILES string of the molecule is [Br-].[Br-].[Br-].[Ti+4].c1ccc(-c2cc3ccccc3[cH-]2)cc1. The minimum Gasteiger partial charge on any atom is -1.00 e. The molecule has 0 bridgehead atoms. The fourth-order valence-corrected chi connectivity index (χ4v) is 1.95. The van der Waals surface area contributed by atoms with E-state index in [0.717, 1.165) is 0 Å². The van der Waals surface area contributed by atoms with Crippen LogP contribution in [0.1, 0.15) is 0 Å². The van der Waals surface area contributed by atoms with Crippen molar-refractivity contribution in [2.24, 2.45) is 0 Å². The normalized spacial score (nSPS) is 8.42. The van der Waals surface area contributed by atoms with Gasteiger partial charge in [-0.1, -0.05) is 54.1 Å². The standard InChI is InChI=1S/C15H11.3BrH.Ti/c1-2-6-12(7-3-1)15-10-13-8-4-5-9-14(13)11-15;;;;/h1-11H;3*1H;/q-1;;;;+4/p-3. The van der Waals surface area contributed by atoms with Gasteiger partial charge >= 0.3 is 21.7 Å². The molecule has 4 heteroatoms. The second kappa shape index (κ2) is 10.0. The molecule has 0 unspecified atom stereocenters. The third-order valence-corrected chi connectivity index (χ3v) is 2.73. The zero-order valence-corrected chi connectivity index (χ0v) is 16.3. The number of halogens is 3. The monoisotopic (exact) mass is 476 g/mol. The average Bonchev–Trinajstić information content (AvgIpc) is 2.74. The van der Waals surface area contributed by atoms with Gasteiger partial charge < -0.3 is 50.9 Å². The third kappa shape index (κ3) is 4.91. The molecule has 0 nitrogen and oxygen atoms in total. The largest absolute Gasteiger partial charge is 4.00 e. The van der Waals surface area contributed by atoms with E-state index in [1.54, 1.807) is 0 Å². The Morgan fingerprint density at radius 2 is 1.26 bits per heavy atom. The Hall–Kier alpha value is 0.204. The Labute approximate surface area is 160 Å². The quantitative estimate of drug-likeness (QED) is 0.243. The second-order valence-electron chi connectivity index (χ2n) is 3.74. The summed E-state index contributed by atoms with van der Waals surface area (Å²) in [6.45, 7) is 0. The summed E-state index contributed by atoms with van der Waals surface area (Å²) in [5, 5.41) is 2.63. The van der Waals surface area contributed by atoms with Gasteiger partial charge in [-0.2, -0.15) is 0 Å². The van der Waals surface area contributed by atoms with Crippen molar-refractivity contribution >= 4 is 10.8 Å². The van der Waals surface area contributed by atoms with Crippen molar-refractivity contribution in [2.45, 2.75) is 0 Å². The number of hydrogen-bond acceptors (Lipinski definition) is 0. The molecule has 0 amide bonds. The van der Waals surface area contributed by atoms with Gasteiger partial charge in [0.05, 0.1) is 0 Å². The van der Waals surface area contributed by atoms with Crippen LogP contribution in [0.3, 0.4) is 0 Å². The molecule has 0 spiro atoms. The molecule has 0 fully saturated rings. The van der Waals surface area contributed by atoms with Crippen molar-refractivity contribution in [2.75, 3.05) is 0 Å². The molecule has 0 N–H and O–H groups in total. The van der Waals surface area contributed by atoms with Crippen LogP contribution in [0, 0.1) is 0 Å². The summed E-state index contributed by atoms with van der Waals surface area (Å²) in [6.07, 6.45) is 0. The van der Waals surface area contributed by atoms with E-state index in [1.165, 1.54) is 21.9 Å². The molecule has 0 heterocycles. The summed E-state index contributed by atoms with van der Waals surface area (Å²) in [7, 11) is 0. The Bertz CT molecular complexity index is 557. The van der Waals surface area contributed by atoms with E-state index in [-0.39, 0.29) is 72.7 Å². The summed E-state index contributed by atoms with van der Waals surface area (Å²) in [6, 6.07) is 23.4. The van der Waals surface area contributed by atoms with E-state index < -0.39 is 0 Å². The average molecular weight is 479 g/mol. The molecule has 3 aromatic rings. The minimum absolute atomic E-state index is 0. The van der Waals surface area contributed by atoms with Crippen LogP contribution in [0.25, 0.3) is 21.9 Å². The Kier molecular flexibility index (Phi) is 11.3. The van der Waals surface area contributed by atoms with Gasteiger partial charge in [-0.15, -0.1) is 34.5 Å². The van der Waals surface area contributed by atoms with Crippen LogP contribution in [0.2, 0.25) is 0 Å². The smallest absolute Gasteiger partial charge is 1.00 e. The molecule has 19 heavy (non-hydrogen) atoms. The van der Waals surface area contributed by atoms with Crippen molar-refractivity contribution < 1.29 is 72.7 Å². The number of benzene rings is 2. The maximum atomic E-state index is 2.24. The molecule has 3 rings (SSSR count). The van der Waals surface area contributed by atoms with Crippen molar-refractivity contribution in [3.63, 3.8) is 0 Å². The van der Waals surface area contributed by atoms with E-state index in [9.17, 15) is 0 Å². The predicted molar refractivity (Wildman–Crippen MR) is 65.0 cm³/mol. The number of fused-ring (bicyclic) bond motifs is 1. The molecule has 3 aromatic carbocycles. The molecule has 0 saturated carbocycles. The Balaban J connectivity index is 0. The Morgan fingerprint density at radius 1 is 0.684 bits per heavy atom. The van der Waals surface area contributed by atoms with Gasteiger partial charge in [0.1, 0.15) is 0 Å². The van der Waals surface area contributed by atoms with Crippen molar-refractivity contribution in [1.82, 2.24) is 0 Å². The van der Waals surface area contributed by atoms with Crippen LogP contribution in [-0.4, -0.2) is 0 Å². The van der Waals surface area contributed by atoms with Crippen LogP contribution in [0.4, 0.5) is 0 Å². The van der Waals surface area contributed by atoms with E-state index in [1.807, 2.05) is 6.07 Å². The topological polar surface area (TPSA) is 0 Å². The van der Waals surface area contributed by atoms with Crippen molar-refractivity contribution in [1.29, 1.82) is 0 Å². The molecule has 0 radical (unpaired) electrons. The van der Waals surface area contributed by atoms with Crippen LogP contribution in [0.5, 0.6) is 0 Å². The second-order valence-corrected chi connectivity index (χ2v) is 3.74. The van der Waals surface area contributed by atoms with E-state index in [4.69, 9.17) is 0 Å². The summed E-state index contributed by atoms with van der Waals surface area (Å²) in [4.78, 5) is 0. The van der Waals surface area contributed by atoms with Gasteiger partial charge in [0.15, 0.2) is 0 Å². The van der Waals surface area contributed by atoms with Gasteiger partial charge in [0.25, 0.3) is 0 Å². The molecule has 0 aromatic heterocycles. The van der Waals surface area contributed by atoms with Crippen LogP contribution < -0.4 is 50.9 Å². The van der Waals surface area contributed by atoms with Crippen molar-refractivity contribution in [3.05, 3.63) is 66.7 Å². The van der Waals surface area contributed by atoms with Crippen LogP contribution in [-0.2, 0) is 21.7 Å². The van der Waals surface area contributed by atoms with E-state index in [2.05, 4.69) is 60.7 Å². The maximum absolute atomic E-state index is 2.24. The molecule has 0 aliphatic heterocycles.